The molecule has 1 atom stereocenters. The molecule has 1 saturated heterocycles. The van der Waals surface area contributed by atoms with Crippen LogP contribution in [0.5, 0.6) is 5.75 Å². The van der Waals surface area contributed by atoms with Crippen molar-refractivity contribution in [3.63, 3.8) is 0 Å². The number of aromatic nitrogens is 1. The Hall–Kier alpha value is -1.33. The highest BCUT2D eigenvalue weighted by Crippen LogP contribution is 2.29. The van der Waals surface area contributed by atoms with Gasteiger partial charge in [-0.05, 0) is 51.1 Å². The van der Waals surface area contributed by atoms with Gasteiger partial charge in [0, 0.05) is 12.6 Å². The fourth-order valence-electron chi connectivity index (χ4n) is 2.88. The average Bonchev–Trinajstić information content (AvgIpc) is 2.89. The van der Waals surface area contributed by atoms with Crippen molar-refractivity contribution >= 4 is 26.7 Å². The molecule has 0 amide bonds. The molecule has 4 nitrogen and oxygen atoms in total. The van der Waals surface area contributed by atoms with Crippen LogP contribution in [0.4, 0.5) is 5.13 Å². The van der Waals surface area contributed by atoms with Crippen molar-refractivity contribution in [1.29, 1.82) is 0 Å². The van der Waals surface area contributed by atoms with Crippen LogP contribution in [0, 0.1) is 0 Å². The fourth-order valence-corrected chi connectivity index (χ4v) is 3.89. The number of nitrogens with one attached hydrogen (secondary N) is 1. The van der Waals surface area contributed by atoms with E-state index in [1.165, 1.54) is 37.1 Å². The zero-order chi connectivity index (χ0) is 14.7. The maximum absolute atomic E-state index is 5.26. The van der Waals surface area contributed by atoms with Gasteiger partial charge in [0.25, 0.3) is 0 Å². The second-order valence-corrected chi connectivity index (χ2v) is 6.79. The molecule has 1 aromatic heterocycles. The number of hydrogen-bond donors (Lipinski definition) is 1. The molecule has 1 N–H and O–H groups in total. The number of methoxy groups -OCH3 is 1. The minimum absolute atomic E-state index is 0.422. The van der Waals surface area contributed by atoms with Gasteiger partial charge in [-0.1, -0.05) is 17.8 Å². The summed E-state index contributed by atoms with van der Waals surface area (Å²) in [5.41, 5.74) is 1.04. The maximum atomic E-state index is 5.26. The minimum Gasteiger partial charge on any atom is -0.497 e. The number of nitrogens with zero attached hydrogens (tertiary/aromatic N) is 2. The number of fused-ring (bicyclic) bond motifs is 1. The smallest absolute Gasteiger partial charge is 0.184 e. The van der Waals surface area contributed by atoms with Gasteiger partial charge in [-0.25, -0.2) is 4.98 Å². The lowest BCUT2D eigenvalue weighted by atomic mass is 10.1. The van der Waals surface area contributed by atoms with E-state index < -0.39 is 0 Å². The van der Waals surface area contributed by atoms with E-state index in [-0.39, 0.29) is 0 Å². The van der Waals surface area contributed by atoms with Gasteiger partial charge in [0.2, 0.25) is 0 Å². The van der Waals surface area contributed by atoms with Gasteiger partial charge in [-0.2, -0.15) is 0 Å². The highest BCUT2D eigenvalue weighted by Gasteiger charge is 2.14. The molecule has 1 aliphatic heterocycles. The van der Waals surface area contributed by atoms with Gasteiger partial charge in [-0.15, -0.1) is 0 Å². The Balaban J connectivity index is 1.63. The number of thiazole rings is 1. The van der Waals surface area contributed by atoms with Crippen LogP contribution in [-0.4, -0.2) is 42.7 Å². The van der Waals surface area contributed by atoms with Crippen LogP contribution in [0.15, 0.2) is 18.2 Å². The summed E-state index contributed by atoms with van der Waals surface area (Å²) >= 11 is 1.70. The summed E-state index contributed by atoms with van der Waals surface area (Å²) in [4.78, 5) is 7.21. The predicted octanol–water partition coefficient (Wildman–Crippen LogP) is 3.59. The molecule has 3 rings (SSSR count). The SMILES string of the molecule is COc1ccc2nc(NC(C)CN3CCCCC3)sc2c1. The Bertz CT molecular complexity index is 592. The lowest BCUT2D eigenvalue weighted by molar-refractivity contribution is 0.223. The van der Waals surface area contributed by atoms with E-state index in [0.717, 1.165) is 22.9 Å². The first kappa shape index (κ1) is 14.6. The lowest BCUT2D eigenvalue weighted by Gasteiger charge is -2.29. The summed E-state index contributed by atoms with van der Waals surface area (Å²) in [6.07, 6.45) is 4.07. The van der Waals surface area contributed by atoms with Crippen LogP contribution >= 0.6 is 11.3 Å². The van der Waals surface area contributed by atoms with E-state index in [1.807, 2.05) is 18.2 Å². The van der Waals surface area contributed by atoms with Crippen molar-refractivity contribution < 1.29 is 4.74 Å². The van der Waals surface area contributed by atoms with E-state index in [1.54, 1.807) is 18.4 Å². The first-order valence-electron chi connectivity index (χ1n) is 7.68. The Kier molecular flexibility index (Phi) is 4.60. The number of anilines is 1. The number of rotatable bonds is 5. The number of benzene rings is 1. The molecule has 0 saturated carbocycles. The first-order valence-corrected chi connectivity index (χ1v) is 8.50. The van der Waals surface area contributed by atoms with Crippen molar-refractivity contribution in [2.45, 2.75) is 32.2 Å². The van der Waals surface area contributed by atoms with Crippen LogP contribution in [-0.2, 0) is 0 Å². The van der Waals surface area contributed by atoms with Gasteiger partial charge >= 0.3 is 0 Å². The van der Waals surface area contributed by atoms with Crippen molar-refractivity contribution in [3.8, 4) is 5.75 Å². The molecule has 114 valence electrons. The highest BCUT2D eigenvalue weighted by molar-refractivity contribution is 7.22. The molecule has 5 heteroatoms. The molecule has 0 aliphatic carbocycles. The van der Waals surface area contributed by atoms with E-state index in [4.69, 9.17) is 4.74 Å². The topological polar surface area (TPSA) is 37.4 Å². The van der Waals surface area contributed by atoms with E-state index >= 15 is 0 Å². The van der Waals surface area contributed by atoms with Crippen molar-refractivity contribution in [2.24, 2.45) is 0 Å². The van der Waals surface area contributed by atoms with Crippen LogP contribution in [0.3, 0.4) is 0 Å². The number of likely N-dealkylation sites (tertiary alicyclic amines) is 1. The standard InChI is InChI=1S/C16H23N3OS/c1-12(11-19-8-4-3-5-9-19)17-16-18-14-7-6-13(20-2)10-15(14)21-16/h6-7,10,12H,3-5,8-9,11H2,1-2H3,(H,17,18). The summed E-state index contributed by atoms with van der Waals surface area (Å²) in [5, 5.41) is 4.54. The summed E-state index contributed by atoms with van der Waals surface area (Å²) in [5.74, 6) is 0.888. The number of ether oxygens (including phenoxy) is 1. The number of piperidine rings is 1. The second kappa shape index (κ2) is 6.62. The molecule has 0 bridgehead atoms. The molecule has 0 radical (unpaired) electrons. The predicted molar refractivity (Wildman–Crippen MR) is 89.5 cm³/mol. The Labute approximate surface area is 130 Å². The summed E-state index contributed by atoms with van der Waals surface area (Å²) in [6, 6.07) is 6.45. The highest BCUT2D eigenvalue weighted by atomic mass is 32.1. The summed E-state index contributed by atoms with van der Waals surface area (Å²) in [6.45, 7) is 5.81. The molecule has 2 aromatic rings. The Morgan fingerprint density at radius 2 is 2.14 bits per heavy atom. The third kappa shape index (κ3) is 3.66. The largest absolute Gasteiger partial charge is 0.497 e. The van der Waals surface area contributed by atoms with E-state index in [2.05, 4.69) is 22.1 Å². The van der Waals surface area contributed by atoms with Crippen LogP contribution < -0.4 is 10.1 Å². The number of hydrogen-bond acceptors (Lipinski definition) is 5. The van der Waals surface area contributed by atoms with Gasteiger partial charge in [0.1, 0.15) is 5.75 Å². The lowest BCUT2D eigenvalue weighted by Crippen LogP contribution is -2.38. The quantitative estimate of drug-likeness (QED) is 0.916. The van der Waals surface area contributed by atoms with Crippen LogP contribution in [0.2, 0.25) is 0 Å². The monoisotopic (exact) mass is 305 g/mol. The fraction of sp³-hybridized carbons (Fsp3) is 0.562. The Morgan fingerprint density at radius 1 is 1.33 bits per heavy atom. The molecule has 1 aromatic carbocycles. The minimum atomic E-state index is 0.422. The van der Waals surface area contributed by atoms with E-state index in [0.29, 0.717) is 6.04 Å². The van der Waals surface area contributed by atoms with Gasteiger partial charge in [0.15, 0.2) is 5.13 Å². The van der Waals surface area contributed by atoms with E-state index in [9.17, 15) is 0 Å². The molecule has 1 aliphatic rings. The zero-order valence-electron chi connectivity index (χ0n) is 12.8. The zero-order valence-corrected chi connectivity index (χ0v) is 13.6. The maximum Gasteiger partial charge on any atom is 0.184 e. The molecule has 2 heterocycles. The van der Waals surface area contributed by atoms with Gasteiger partial charge < -0.3 is 15.0 Å². The van der Waals surface area contributed by atoms with Crippen molar-refractivity contribution in [1.82, 2.24) is 9.88 Å². The van der Waals surface area contributed by atoms with Crippen molar-refractivity contribution in [2.75, 3.05) is 32.1 Å². The molecule has 1 unspecified atom stereocenters. The first-order chi connectivity index (χ1) is 10.2. The van der Waals surface area contributed by atoms with Crippen LogP contribution in [0.1, 0.15) is 26.2 Å². The van der Waals surface area contributed by atoms with Crippen molar-refractivity contribution in [3.05, 3.63) is 18.2 Å². The molecular formula is C16H23N3OS. The normalized spacial score (nSPS) is 17.8. The summed E-state index contributed by atoms with van der Waals surface area (Å²) in [7, 11) is 1.70. The molecule has 21 heavy (non-hydrogen) atoms. The average molecular weight is 305 g/mol. The third-order valence-electron chi connectivity index (χ3n) is 3.95. The van der Waals surface area contributed by atoms with Gasteiger partial charge in [0.05, 0.1) is 17.3 Å². The summed E-state index contributed by atoms with van der Waals surface area (Å²) < 4.78 is 6.43. The second-order valence-electron chi connectivity index (χ2n) is 5.76. The molecule has 0 spiro atoms. The molecule has 1 fully saturated rings. The Morgan fingerprint density at radius 3 is 2.90 bits per heavy atom. The van der Waals surface area contributed by atoms with Gasteiger partial charge in [-0.3, -0.25) is 0 Å². The molecular weight excluding hydrogens is 282 g/mol. The third-order valence-corrected chi connectivity index (χ3v) is 4.90. The van der Waals surface area contributed by atoms with Crippen LogP contribution in [0.25, 0.3) is 10.2 Å².